The number of methoxy groups -OCH3 is 2. The summed E-state index contributed by atoms with van der Waals surface area (Å²) in [5.74, 6) is -1.08. The molecule has 2 amide bonds. The Morgan fingerprint density at radius 1 is 0.851 bits per heavy atom. The predicted molar refractivity (Wildman–Crippen MR) is 179 cm³/mol. The zero-order valence-electron chi connectivity index (χ0n) is 26.9. The molecule has 0 unspecified atom stereocenters. The molecule has 0 saturated heterocycles. The molecule has 0 aliphatic rings. The Labute approximate surface area is 276 Å². The van der Waals surface area contributed by atoms with E-state index in [0.717, 1.165) is 9.87 Å². The van der Waals surface area contributed by atoms with Crippen molar-refractivity contribution in [2.75, 3.05) is 25.1 Å². The Kier molecular flexibility index (Phi) is 12.0. The SMILES string of the molecule is CC[C@@H](C)NC(=O)[C@@H](Cc1ccccc1)N(Cc1ccccc1F)C(=O)CN(c1ccc(OC)c(OC)c1)S(=O)(=O)c1ccccc1. The van der Waals surface area contributed by atoms with E-state index in [-0.39, 0.29) is 40.9 Å². The minimum absolute atomic E-state index is 0.0430. The summed E-state index contributed by atoms with van der Waals surface area (Å²) in [6.07, 6.45) is 0.762. The minimum Gasteiger partial charge on any atom is -0.493 e. The second-order valence-electron chi connectivity index (χ2n) is 11.0. The van der Waals surface area contributed by atoms with E-state index in [0.29, 0.717) is 12.2 Å². The summed E-state index contributed by atoms with van der Waals surface area (Å²) in [5, 5.41) is 2.97. The number of amides is 2. The van der Waals surface area contributed by atoms with Crippen molar-refractivity contribution in [2.24, 2.45) is 0 Å². The van der Waals surface area contributed by atoms with E-state index in [2.05, 4.69) is 5.32 Å². The first kappa shape index (κ1) is 35.0. The fraction of sp³-hybridized carbons (Fsp3) is 0.278. The van der Waals surface area contributed by atoms with Crippen molar-refractivity contribution in [1.82, 2.24) is 10.2 Å². The molecule has 11 heteroatoms. The monoisotopic (exact) mass is 661 g/mol. The lowest BCUT2D eigenvalue weighted by Gasteiger charge is -2.34. The van der Waals surface area contributed by atoms with Crippen molar-refractivity contribution in [1.29, 1.82) is 0 Å². The molecule has 0 bridgehead atoms. The molecule has 0 fully saturated rings. The molecule has 0 radical (unpaired) electrons. The molecule has 47 heavy (non-hydrogen) atoms. The van der Waals surface area contributed by atoms with E-state index < -0.39 is 40.2 Å². The van der Waals surface area contributed by atoms with Gasteiger partial charge in [0.05, 0.1) is 24.8 Å². The normalized spacial score (nSPS) is 12.4. The van der Waals surface area contributed by atoms with E-state index in [4.69, 9.17) is 9.47 Å². The summed E-state index contributed by atoms with van der Waals surface area (Å²) >= 11 is 0. The zero-order chi connectivity index (χ0) is 34.0. The second-order valence-corrected chi connectivity index (χ2v) is 12.9. The molecule has 1 N–H and O–H groups in total. The van der Waals surface area contributed by atoms with Gasteiger partial charge in [-0.15, -0.1) is 0 Å². The Morgan fingerprint density at radius 3 is 2.09 bits per heavy atom. The van der Waals surface area contributed by atoms with Crippen LogP contribution >= 0.6 is 0 Å². The first-order valence-electron chi connectivity index (χ1n) is 15.3. The van der Waals surface area contributed by atoms with Crippen LogP contribution in [0.3, 0.4) is 0 Å². The number of benzene rings is 4. The van der Waals surface area contributed by atoms with Crippen LogP contribution < -0.4 is 19.1 Å². The smallest absolute Gasteiger partial charge is 0.264 e. The maximum Gasteiger partial charge on any atom is 0.264 e. The van der Waals surface area contributed by atoms with Crippen LogP contribution in [0.5, 0.6) is 11.5 Å². The number of halogens is 1. The summed E-state index contributed by atoms with van der Waals surface area (Å²) < 4.78 is 55.2. The quantitative estimate of drug-likeness (QED) is 0.178. The number of nitrogens with one attached hydrogen (secondary N) is 1. The topological polar surface area (TPSA) is 105 Å². The van der Waals surface area contributed by atoms with Crippen molar-refractivity contribution < 1.29 is 31.9 Å². The zero-order valence-corrected chi connectivity index (χ0v) is 27.7. The maximum absolute atomic E-state index is 15.1. The van der Waals surface area contributed by atoms with Gasteiger partial charge in [0.15, 0.2) is 11.5 Å². The van der Waals surface area contributed by atoms with Gasteiger partial charge in [-0.3, -0.25) is 13.9 Å². The minimum atomic E-state index is -4.32. The van der Waals surface area contributed by atoms with E-state index in [1.165, 1.54) is 61.6 Å². The second kappa shape index (κ2) is 16.1. The number of rotatable bonds is 15. The Hall–Kier alpha value is -4.90. The molecule has 0 saturated carbocycles. The Bertz CT molecular complexity index is 1760. The van der Waals surface area contributed by atoms with Crippen LogP contribution in [0.1, 0.15) is 31.4 Å². The average molecular weight is 662 g/mol. The number of sulfonamides is 1. The highest BCUT2D eigenvalue weighted by atomic mass is 32.2. The van der Waals surface area contributed by atoms with Crippen LogP contribution in [0, 0.1) is 5.82 Å². The first-order valence-corrected chi connectivity index (χ1v) is 16.7. The van der Waals surface area contributed by atoms with Gasteiger partial charge >= 0.3 is 0 Å². The highest BCUT2D eigenvalue weighted by molar-refractivity contribution is 7.92. The summed E-state index contributed by atoms with van der Waals surface area (Å²) in [6.45, 7) is 2.81. The van der Waals surface area contributed by atoms with Crippen LogP contribution in [0.4, 0.5) is 10.1 Å². The van der Waals surface area contributed by atoms with Gasteiger partial charge < -0.3 is 19.7 Å². The van der Waals surface area contributed by atoms with Crippen LogP contribution in [0.2, 0.25) is 0 Å². The predicted octanol–water partition coefficient (Wildman–Crippen LogP) is 5.59. The number of nitrogens with zero attached hydrogens (tertiary/aromatic N) is 2. The van der Waals surface area contributed by atoms with Crippen molar-refractivity contribution in [2.45, 2.75) is 50.2 Å². The van der Waals surface area contributed by atoms with Gasteiger partial charge in [-0.05, 0) is 49.2 Å². The van der Waals surface area contributed by atoms with E-state index >= 15 is 4.39 Å². The highest BCUT2D eigenvalue weighted by Crippen LogP contribution is 2.34. The molecule has 2 atom stereocenters. The van der Waals surface area contributed by atoms with Crippen LogP contribution in [0.15, 0.2) is 108 Å². The Morgan fingerprint density at radius 2 is 1.47 bits per heavy atom. The molecular formula is C36H40FN3O6S. The summed E-state index contributed by atoms with van der Waals surface area (Å²) in [6, 6.07) is 26.1. The largest absolute Gasteiger partial charge is 0.493 e. The highest BCUT2D eigenvalue weighted by Gasteiger charge is 2.35. The first-order chi connectivity index (χ1) is 22.6. The lowest BCUT2D eigenvalue weighted by Crippen LogP contribution is -2.54. The molecule has 0 aliphatic heterocycles. The Balaban J connectivity index is 1.85. The summed E-state index contributed by atoms with van der Waals surface area (Å²) in [4.78, 5) is 29.7. The molecule has 0 heterocycles. The summed E-state index contributed by atoms with van der Waals surface area (Å²) in [7, 11) is -1.45. The van der Waals surface area contributed by atoms with E-state index in [9.17, 15) is 18.0 Å². The van der Waals surface area contributed by atoms with E-state index in [1.807, 2.05) is 44.2 Å². The number of hydrogen-bond acceptors (Lipinski definition) is 6. The number of hydrogen-bond donors (Lipinski definition) is 1. The molecule has 248 valence electrons. The number of carbonyl (C=O) groups excluding carboxylic acids is 2. The van der Waals surface area contributed by atoms with Crippen molar-refractivity contribution in [3.63, 3.8) is 0 Å². The molecule has 0 aromatic heterocycles. The number of ether oxygens (including phenoxy) is 2. The molecule has 0 spiro atoms. The number of carbonyl (C=O) groups is 2. The number of anilines is 1. The fourth-order valence-electron chi connectivity index (χ4n) is 5.03. The van der Waals surface area contributed by atoms with Crippen molar-refractivity contribution in [3.05, 3.63) is 120 Å². The van der Waals surface area contributed by atoms with Gasteiger partial charge in [-0.25, -0.2) is 12.8 Å². The van der Waals surface area contributed by atoms with Gasteiger partial charge in [0, 0.05) is 30.6 Å². The fourth-order valence-corrected chi connectivity index (χ4v) is 6.46. The summed E-state index contributed by atoms with van der Waals surface area (Å²) in [5.41, 5.74) is 1.09. The van der Waals surface area contributed by atoms with Crippen molar-refractivity contribution >= 4 is 27.5 Å². The molecule has 4 aromatic rings. The molecule has 0 aliphatic carbocycles. The lowest BCUT2D eigenvalue weighted by atomic mass is 10.0. The van der Waals surface area contributed by atoms with Crippen LogP contribution in [-0.2, 0) is 32.6 Å². The third kappa shape index (κ3) is 8.68. The average Bonchev–Trinajstić information content (AvgIpc) is 3.09. The van der Waals surface area contributed by atoms with Crippen molar-refractivity contribution in [3.8, 4) is 11.5 Å². The van der Waals surface area contributed by atoms with Gasteiger partial charge in [0.2, 0.25) is 11.8 Å². The molecule has 9 nitrogen and oxygen atoms in total. The third-order valence-corrected chi connectivity index (χ3v) is 9.62. The van der Waals surface area contributed by atoms with Gasteiger partial charge in [-0.1, -0.05) is 73.7 Å². The lowest BCUT2D eigenvalue weighted by molar-refractivity contribution is -0.140. The standard InChI is InChI=1S/C36H40FN3O6S/c1-5-26(2)38-36(42)32(22-27-14-8-6-9-15-27)39(24-28-16-12-13-19-31(28)37)35(41)25-40(47(43,44)30-17-10-7-11-18-30)29-20-21-33(45-3)34(23-29)46-4/h6-21,23,26,32H,5,22,24-25H2,1-4H3,(H,38,42)/t26-,32-/m1/s1. The van der Waals surface area contributed by atoms with Gasteiger partial charge in [0.1, 0.15) is 18.4 Å². The van der Waals surface area contributed by atoms with Crippen LogP contribution in [0.25, 0.3) is 0 Å². The van der Waals surface area contributed by atoms with Gasteiger partial charge in [-0.2, -0.15) is 0 Å². The van der Waals surface area contributed by atoms with Crippen LogP contribution in [-0.4, -0.2) is 58.0 Å². The third-order valence-electron chi connectivity index (χ3n) is 7.84. The molecule has 4 rings (SSSR count). The van der Waals surface area contributed by atoms with E-state index in [1.54, 1.807) is 30.3 Å². The maximum atomic E-state index is 15.1. The molecular weight excluding hydrogens is 621 g/mol. The van der Waals surface area contributed by atoms with Gasteiger partial charge in [0.25, 0.3) is 10.0 Å². The molecule has 4 aromatic carbocycles.